The fourth-order valence-corrected chi connectivity index (χ4v) is 1.75. The average molecular weight is 275 g/mol. The van der Waals surface area contributed by atoms with Crippen molar-refractivity contribution in [2.24, 2.45) is 0 Å². The first-order valence-electron chi connectivity index (χ1n) is 5.54. The van der Waals surface area contributed by atoms with Gasteiger partial charge >= 0.3 is 0 Å². The molecule has 0 atom stereocenters. The van der Waals surface area contributed by atoms with Crippen molar-refractivity contribution in [3.05, 3.63) is 47.7 Å². The highest BCUT2D eigenvalue weighted by Gasteiger charge is 2.10. The molecule has 4 nitrogen and oxygen atoms in total. The summed E-state index contributed by atoms with van der Waals surface area (Å²) in [6.45, 7) is 0. The summed E-state index contributed by atoms with van der Waals surface area (Å²) in [5.74, 6) is 1.71. The number of halogens is 1. The lowest BCUT2D eigenvalue weighted by molar-refractivity contribution is 0.373. The number of methoxy groups -OCH3 is 1. The van der Waals surface area contributed by atoms with E-state index < -0.39 is 0 Å². The van der Waals surface area contributed by atoms with Crippen molar-refractivity contribution in [3.8, 4) is 23.4 Å². The lowest BCUT2D eigenvalue weighted by atomic mass is 10.2. The van der Waals surface area contributed by atoms with Gasteiger partial charge in [0.05, 0.1) is 24.6 Å². The van der Waals surface area contributed by atoms with Gasteiger partial charge in [-0.2, -0.15) is 5.26 Å². The summed E-state index contributed by atoms with van der Waals surface area (Å²) in [5, 5.41) is 8.84. The Hall–Kier alpha value is -2.25. The third kappa shape index (κ3) is 2.95. The zero-order chi connectivity index (χ0) is 13.7. The van der Waals surface area contributed by atoms with Crippen molar-refractivity contribution in [2.75, 3.05) is 7.11 Å². The molecule has 0 fully saturated rings. The van der Waals surface area contributed by atoms with Crippen LogP contribution in [0.15, 0.2) is 36.5 Å². The molecule has 5 heteroatoms. The highest BCUT2D eigenvalue weighted by atomic mass is 35.5. The van der Waals surface area contributed by atoms with Gasteiger partial charge in [0.15, 0.2) is 11.5 Å². The van der Waals surface area contributed by atoms with E-state index in [1.54, 1.807) is 30.5 Å². The van der Waals surface area contributed by atoms with Gasteiger partial charge in [-0.25, -0.2) is 4.98 Å². The normalized spacial score (nSPS) is 9.74. The van der Waals surface area contributed by atoms with Crippen molar-refractivity contribution in [2.45, 2.75) is 5.88 Å². The molecule has 0 unspecified atom stereocenters. The van der Waals surface area contributed by atoms with Gasteiger partial charge in [-0.05, 0) is 18.2 Å². The molecule has 0 bridgehead atoms. The first-order chi connectivity index (χ1) is 9.28. The maximum atomic E-state index is 8.84. The minimum Gasteiger partial charge on any atom is -0.493 e. The molecule has 0 aliphatic carbocycles. The van der Waals surface area contributed by atoms with Gasteiger partial charge in [-0.3, -0.25) is 0 Å². The maximum Gasteiger partial charge on any atom is 0.223 e. The van der Waals surface area contributed by atoms with Gasteiger partial charge in [0.2, 0.25) is 5.88 Å². The van der Waals surface area contributed by atoms with Crippen LogP contribution in [0.25, 0.3) is 0 Å². The van der Waals surface area contributed by atoms with Gasteiger partial charge in [0.25, 0.3) is 0 Å². The molecule has 1 aromatic carbocycles. The van der Waals surface area contributed by atoms with E-state index in [4.69, 9.17) is 26.3 Å². The molecule has 0 radical (unpaired) electrons. The molecule has 2 aromatic rings. The number of nitrogens with zero attached hydrogens (tertiary/aromatic N) is 2. The second kappa shape index (κ2) is 6.07. The number of nitriles is 1. The molecule has 0 saturated heterocycles. The van der Waals surface area contributed by atoms with Crippen molar-refractivity contribution in [3.63, 3.8) is 0 Å². The van der Waals surface area contributed by atoms with E-state index in [1.165, 1.54) is 7.11 Å². The van der Waals surface area contributed by atoms with Gasteiger partial charge in [0.1, 0.15) is 0 Å². The van der Waals surface area contributed by atoms with Crippen LogP contribution in [0.4, 0.5) is 0 Å². The number of hydrogen-bond donors (Lipinski definition) is 0. The topological polar surface area (TPSA) is 55.1 Å². The predicted octanol–water partition coefficient (Wildman–Crippen LogP) is 3.49. The highest BCUT2D eigenvalue weighted by molar-refractivity contribution is 6.17. The van der Waals surface area contributed by atoms with E-state index in [0.717, 1.165) is 5.56 Å². The van der Waals surface area contributed by atoms with Crippen LogP contribution in [0, 0.1) is 11.3 Å². The van der Waals surface area contributed by atoms with Crippen LogP contribution < -0.4 is 9.47 Å². The third-order valence-electron chi connectivity index (χ3n) is 2.49. The Labute approximate surface area is 116 Å². The molecule has 0 aliphatic rings. The van der Waals surface area contributed by atoms with Crippen LogP contribution in [-0.2, 0) is 5.88 Å². The minimum atomic E-state index is 0.307. The molecular formula is C14H11ClN2O2. The molecule has 0 spiro atoms. The third-order valence-corrected chi connectivity index (χ3v) is 2.78. The second-order valence-electron chi connectivity index (χ2n) is 3.68. The molecule has 0 amide bonds. The Bertz CT molecular complexity index is 623. The Morgan fingerprint density at radius 3 is 2.84 bits per heavy atom. The Balaban J connectivity index is 2.35. The highest BCUT2D eigenvalue weighted by Crippen LogP contribution is 2.32. The van der Waals surface area contributed by atoms with Crippen LogP contribution in [0.3, 0.4) is 0 Å². The van der Waals surface area contributed by atoms with E-state index >= 15 is 0 Å². The molecular weight excluding hydrogens is 264 g/mol. The number of hydrogen-bond acceptors (Lipinski definition) is 4. The Morgan fingerprint density at radius 2 is 2.16 bits per heavy atom. The number of pyridine rings is 1. The number of ether oxygens (including phenoxy) is 2. The summed E-state index contributed by atoms with van der Waals surface area (Å²) < 4.78 is 10.9. The van der Waals surface area contributed by atoms with Gasteiger partial charge in [-0.1, -0.05) is 6.07 Å². The van der Waals surface area contributed by atoms with Crippen LogP contribution in [-0.4, -0.2) is 12.1 Å². The van der Waals surface area contributed by atoms with Crippen LogP contribution in [0.5, 0.6) is 17.4 Å². The second-order valence-corrected chi connectivity index (χ2v) is 3.95. The van der Waals surface area contributed by atoms with E-state index in [1.807, 2.05) is 12.1 Å². The number of rotatable bonds is 4. The fraction of sp³-hybridized carbons (Fsp3) is 0.143. The molecule has 19 heavy (non-hydrogen) atoms. The summed E-state index contributed by atoms with van der Waals surface area (Å²) in [6.07, 6.45) is 1.63. The van der Waals surface area contributed by atoms with Gasteiger partial charge in [0, 0.05) is 17.8 Å². The lowest BCUT2D eigenvalue weighted by Crippen LogP contribution is -1.95. The number of alkyl halides is 1. The largest absolute Gasteiger partial charge is 0.493 e. The molecule has 0 saturated carbocycles. The first-order valence-corrected chi connectivity index (χ1v) is 6.07. The number of benzene rings is 1. The zero-order valence-corrected chi connectivity index (χ0v) is 11.0. The molecule has 0 N–H and O–H groups in total. The van der Waals surface area contributed by atoms with Gasteiger partial charge in [-0.15, -0.1) is 11.6 Å². The SMILES string of the molecule is COc1cc(C#N)ccc1Oc1ncccc1CCl. The summed E-state index contributed by atoms with van der Waals surface area (Å²) in [6, 6.07) is 10.6. The minimum absolute atomic E-state index is 0.307. The molecule has 96 valence electrons. The maximum absolute atomic E-state index is 8.84. The summed E-state index contributed by atoms with van der Waals surface area (Å²) in [5.41, 5.74) is 1.29. The zero-order valence-electron chi connectivity index (χ0n) is 10.3. The summed E-state index contributed by atoms with van der Waals surface area (Å²) in [7, 11) is 1.52. The first kappa shape index (κ1) is 13.2. The average Bonchev–Trinajstić information content (AvgIpc) is 2.48. The molecule has 1 heterocycles. The van der Waals surface area contributed by atoms with Crippen LogP contribution in [0.2, 0.25) is 0 Å². The van der Waals surface area contributed by atoms with Crippen LogP contribution >= 0.6 is 11.6 Å². The standard InChI is InChI=1S/C14H11ClN2O2/c1-18-13-7-10(9-16)4-5-12(13)19-14-11(8-15)3-2-6-17-14/h2-7H,8H2,1H3. The van der Waals surface area contributed by atoms with E-state index in [-0.39, 0.29) is 0 Å². The summed E-state index contributed by atoms with van der Waals surface area (Å²) in [4.78, 5) is 4.14. The van der Waals surface area contributed by atoms with E-state index in [0.29, 0.717) is 28.8 Å². The predicted molar refractivity (Wildman–Crippen MR) is 71.6 cm³/mol. The lowest BCUT2D eigenvalue weighted by Gasteiger charge is -2.11. The van der Waals surface area contributed by atoms with E-state index in [2.05, 4.69) is 4.98 Å². The summed E-state index contributed by atoms with van der Waals surface area (Å²) >= 11 is 5.83. The monoisotopic (exact) mass is 274 g/mol. The Kier molecular flexibility index (Phi) is 4.22. The van der Waals surface area contributed by atoms with Crippen molar-refractivity contribution in [1.29, 1.82) is 5.26 Å². The molecule has 0 aliphatic heterocycles. The smallest absolute Gasteiger partial charge is 0.223 e. The van der Waals surface area contributed by atoms with Gasteiger partial charge < -0.3 is 9.47 Å². The quantitative estimate of drug-likeness (QED) is 0.801. The van der Waals surface area contributed by atoms with Crippen LogP contribution in [0.1, 0.15) is 11.1 Å². The van der Waals surface area contributed by atoms with Crippen molar-refractivity contribution < 1.29 is 9.47 Å². The van der Waals surface area contributed by atoms with Crippen molar-refractivity contribution in [1.82, 2.24) is 4.98 Å². The van der Waals surface area contributed by atoms with E-state index in [9.17, 15) is 0 Å². The Morgan fingerprint density at radius 1 is 1.32 bits per heavy atom. The fourth-order valence-electron chi connectivity index (χ4n) is 1.54. The van der Waals surface area contributed by atoms with Crippen molar-refractivity contribution >= 4 is 11.6 Å². The number of aromatic nitrogens is 1. The molecule has 1 aromatic heterocycles. The molecule has 2 rings (SSSR count).